The standard InChI is InChI=1S/C21H21N3O/c1-2-25-14-17(12-16-8-4-3-5-9-16)24-15-23-20-13-22-19-11-7-6-10-18(19)21(20)24/h3-11,13,15,17H,2,12,14H2,1H3/t17-/m1/s1. The highest BCUT2D eigenvalue weighted by molar-refractivity contribution is 6.01. The lowest BCUT2D eigenvalue weighted by Crippen LogP contribution is -2.17. The molecule has 2 heterocycles. The average molecular weight is 331 g/mol. The maximum absolute atomic E-state index is 5.79. The number of ether oxygens (including phenoxy) is 1. The van der Waals surface area contributed by atoms with Crippen molar-refractivity contribution in [3.05, 3.63) is 72.7 Å². The zero-order chi connectivity index (χ0) is 17.1. The molecule has 0 radical (unpaired) electrons. The minimum absolute atomic E-state index is 0.193. The molecule has 0 saturated heterocycles. The van der Waals surface area contributed by atoms with E-state index >= 15 is 0 Å². The number of pyridine rings is 1. The van der Waals surface area contributed by atoms with Crippen molar-refractivity contribution in [2.75, 3.05) is 13.2 Å². The summed E-state index contributed by atoms with van der Waals surface area (Å²) in [6.07, 6.45) is 4.68. The molecule has 0 bridgehead atoms. The predicted molar refractivity (Wildman–Crippen MR) is 101 cm³/mol. The summed E-state index contributed by atoms with van der Waals surface area (Å²) in [5.74, 6) is 0. The van der Waals surface area contributed by atoms with E-state index in [1.165, 1.54) is 5.56 Å². The predicted octanol–water partition coefficient (Wildman–Crippen LogP) is 4.40. The van der Waals surface area contributed by atoms with Crippen LogP contribution in [0.1, 0.15) is 18.5 Å². The second-order valence-electron chi connectivity index (χ2n) is 6.16. The molecule has 0 fully saturated rings. The molecule has 1 atom stereocenters. The SMILES string of the molecule is CCOC[C@@H](Cc1ccccc1)n1cnc2cnc3ccccc3c21. The minimum atomic E-state index is 0.193. The summed E-state index contributed by atoms with van der Waals surface area (Å²) in [5.41, 5.74) is 4.35. The van der Waals surface area contributed by atoms with Gasteiger partial charge in [0.25, 0.3) is 0 Å². The van der Waals surface area contributed by atoms with Crippen molar-refractivity contribution < 1.29 is 4.74 Å². The summed E-state index contributed by atoms with van der Waals surface area (Å²) >= 11 is 0. The van der Waals surface area contributed by atoms with Gasteiger partial charge in [-0.2, -0.15) is 0 Å². The van der Waals surface area contributed by atoms with Gasteiger partial charge in [-0.25, -0.2) is 4.98 Å². The van der Waals surface area contributed by atoms with E-state index in [-0.39, 0.29) is 6.04 Å². The van der Waals surface area contributed by atoms with Gasteiger partial charge < -0.3 is 9.30 Å². The number of para-hydroxylation sites is 1. The number of hydrogen-bond donors (Lipinski definition) is 0. The van der Waals surface area contributed by atoms with Crippen LogP contribution in [0.5, 0.6) is 0 Å². The van der Waals surface area contributed by atoms with Gasteiger partial charge in [-0.05, 0) is 25.0 Å². The number of rotatable bonds is 6. The van der Waals surface area contributed by atoms with Crippen molar-refractivity contribution in [3.8, 4) is 0 Å². The second-order valence-corrected chi connectivity index (χ2v) is 6.16. The Morgan fingerprint density at radius 3 is 2.60 bits per heavy atom. The van der Waals surface area contributed by atoms with Crippen molar-refractivity contribution in [1.29, 1.82) is 0 Å². The van der Waals surface area contributed by atoms with Gasteiger partial charge >= 0.3 is 0 Å². The summed E-state index contributed by atoms with van der Waals surface area (Å²) in [4.78, 5) is 9.11. The summed E-state index contributed by atoms with van der Waals surface area (Å²) in [7, 11) is 0. The van der Waals surface area contributed by atoms with Gasteiger partial charge in [0.2, 0.25) is 0 Å². The maximum atomic E-state index is 5.79. The third kappa shape index (κ3) is 3.13. The van der Waals surface area contributed by atoms with Crippen LogP contribution in [0.4, 0.5) is 0 Å². The number of fused-ring (bicyclic) bond motifs is 3. The molecule has 0 amide bonds. The summed E-state index contributed by atoms with van der Waals surface area (Å²) in [6.45, 7) is 3.40. The molecule has 0 unspecified atom stereocenters. The van der Waals surface area contributed by atoms with Crippen LogP contribution < -0.4 is 0 Å². The van der Waals surface area contributed by atoms with Gasteiger partial charge in [0, 0.05) is 12.0 Å². The van der Waals surface area contributed by atoms with Crippen LogP contribution >= 0.6 is 0 Å². The molecule has 25 heavy (non-hydrogen) atoms. The maximum Gasteiger partial charge on any atom is 0.107 e. The van der Waals surface area contributed by atoms with Gasteiger partial charge in [-0.15, -0.1) is 0 Å². The Kier molecular flexibility index (Phi) is 4.44. The third-order valence-corrected chi connectivity index (χ3v) is 4.53. The lowest BCUT2D eigenvalue weighted by atomic mass is 10.1. The van der Waals surface area contributed by atoms with Crippen LogP contribution in [0.3, 0.4) is 0 Å². The molecule has 0 aliphatic rings. The molecular formula is C21H21N3O. The van der Waals surface area contributed by atoms with Gasteiger partial charge in [0.1, 0.15) is 5.52 Å². The van der Waals surface area contributed by atoms with E-state index in [1.807, 2.05) is 37.6 Å². The topological polar surface area (TPSA) is 39.9 Å². The molecule has 4 nitrogen and oxygen atoms in total. The highest BCUT2D eigenvalue weighted by Gasteiger charge is 2.17. The molecule has 0 N–H and O–H groups in total. The van der Waals surface area contributed by atoms with E-state index in [1.54, 1.807) is 0 Å². The molecular weight excluding hydrogens is 310 g/mol. The smallest absolute Gasteiger partial charge is 0.107 e. The van der Waals surface area contributed by atoms with Crippen LogP contribution in [0.2, 0.25) is 0 Å². The number of imidazole rings is 1. The average Bonchev–Trinajstić information content (AvgIpc) is 3.10. The Morgan fingerprint density at radius 2 is 1.76 bits per heavy atom. The van der Waals surface area contributed by atoms with Crippen LogP contribution in [-0.2, 0) is 11.2 Å². The molecule has 0 spiro atoms. The molecule has 0 aliphatic carbocycles. The fraction of sp³-hybridized carbons (Fsp3) is 0.238. The van der Waals surface area contributed by atoms with Crippen molar-refractivity contribution in [3.63, 3.8) is 0 Å². The van der Waals surface area contributed by atoms with Crippen LogP contribution in [0.25, 0.3) is 21.9 Å². The Bertz CT molecular complexity index is 978. The molecule has 126 valence electrons. The number of nitrogens with zero attached hydrogens (tertiary/aromatic N) is 3. The van der Waals surface area contributed by atoms with E-state index in [4.69, 9.17) is 4.74 Å². The second kappa shape index (κ2) is 7.03. The van der Waals surface area contributed by atoms with Crippen LogP contribution in [0, 0.1) is 0 Å². The zero-order valence-corrected chi connectivity index (χ0v) is 14.3. The summed E-state index contributed by atoms with van der Waals surface area (Å²) in [6, 6.07) is 19.0. The van der Waals surface area contributed by atoms with Gasteiger partial charge in [0.15, 0.2) is 0 Å². The third-order valence-electron chi connectivity index (χ3n) is 4.53. The van der Waals surface area contributed by atoms with E-state index < -0.39 is 0 Å². The first kappa shape index (κ1) is 15.8. The first-order valence-electron chi connectivity index (χ1n) is 8.68. The molecule has 0 aliphatic heterocycles. The molecule has 4 heteroatoms. The lowest BCUT2D eigenvalue weighted by molar-refractivity contribution is 0.114. The summed E-state index contributed by atoms with van der Waals surface area (Å²) in [5, 5.41) is 1.13. The van der Waals surface area contributed by atoms with Gasteiger partial charge in [0.05, 0.1) is 36.2 Å². The Balaban J connectivity index is 1.82. The van der Waals surface area contributed by atoms with Crippen molar-refractivity contribution in [2.45, 2.75) is 19.4 Å². The highest BCUT2D eigenvalue weighted by atomic mass is 16.5. The van der Waals surface area contributed by atoms with Gasteiger partial charge in [-0.1, -0.05) is 48.5 Å². The monoisotopic (exact) mass is 331 g/mol. The lowest BCUT2D eigenvalue weighted by Gasteiger charge is -2.20. The number of hydrogen-bond acceptors (Lipinski definition) is 3. The highest BCUT2D eigenvalue weighted by Crippen LogP contribution is 2.27. The molecule has 2 aromatic heterocycles. The Morgan fingerprint density at radius 1 is 0.960 bits per heavy atom. The quantitative estimate of drug-likeness (QED) is 0.525. The molecule has 4 aromatic rings. The van der Waals surface area contributed by atoms with Crippen molar-refractivity contribution in [1.82, 2.24) is 14.5 Å². The summed E-state index contributed by atoms with van der Waals surface area (Å²) < 4.78 is 8.04. The normalized spacial score (nSPS) is 12.7. The van der Waals surface area contributed by atoms with Crippen molar-refractivity contribution >= 4 is 21.9 Å². The van der Waals surface area contributed by atoms with E-state index in [0.29, 0.717) is 13.2 Å². The first-order chi connectivity index (χ1) is 12.4. The van der Waals surface area contributed by atoms with Crippen LogP contribution in [0.15, 0.2) is 67.1 Å². The molecule has 2 aromatic carbocycles. The number of aromatic nitrogens is 3. The largest absolute Gasteiger partial charge is 0.380 e. The van der Waals surface area contributed by atoms with E-state index in [0.717, 1.165) is 28.4 Å². The Hall–Kier alpha value is -2.72. The molecule has 4 rings (SSSR count). The zero-order valence-electron chi connectivity index (χ0n) is 14.3. The minimum Gasteiger partial charge on any atom is -0.380 e. The van der Waals surface area contributed by atoms with Crippen molar-refractivity contribution in [2.24, 2.45) is 0 Å². The molecule has 0 saturated carbocycles. The van der Waals surface area contributed by atoms with Gasteiger partial charge in [-0.3, -0.25) is 4.98 Å². The fourth-order valence-electron chi connectivity index (χ4n) is 3.32. The van der Waals surface area contributed by atoms with Crippen LogP contribution in [-0.4, -0.2) is 27.7 Å². The fourth-order valence-corrected chi connectivity index (χ4v) is 3.32. The first-order valence-corrected chi connectivity index (χ1v) is 8.68. The number of benzene rings is 2. The Labute approximate surface area is 147 Å². The van der Waals surface area contributed by atoms with E-state index in [9.17, 15) is 0 Å². The van der Waals surface area contributed by atoms with E-state index in [2.05, 4.69) is 50.9 Å².